The van der Waals surface area contributed by atoms with Crippen molar-refractivity contribution in [1.29, 1.82) is 0 Å². The Kier molecular flexibility index (Phi) is 5.60. The standard InChI is InChI=1S/C18H22N2O3S/c1-23-18(22)15-4-2-14(3-5-15)17-19-16(12-24-17)10-20-8-6-13(11-21)7-9-20/h2-5,12-13,21H,6-11H2,1H3. The second kappa shape index (κ2) is 7.88. The number of hydrogen-bond donors (Lipinski definition) is 1. The number of aliphatic hydroxyl groups excluding tert-OH is 1. The molecule has 0 amide bonds. The Morgan fingerprint density at radius 2 is 2.04 bits per heavy atom. The Labute approximate surface area is 145 Å². The summed E-state index contributed by atoms with van der Waals surface area (Å²) in [6, 6.07) is 7.34. The van der Waals surface area contributed by atoms with Crippen LogP contribution in [0.1, 0.15) is 28.9 Å². The Balaban J connectivity index is 1.62. The Bertz CT molecular complexity index is 676. The van der Waals surface area contributed by atoms with Crippen LogP contribution in [0.5, 0.6) is 0 Å². The van der Waals surface area contributed by atoms with Gasteiger partial charge in [-0.05, 0) is 44.0 Å². The number of ether oxygens (including phenoxy) is 1. The van der Waals surface area contributed by atoms with Gasteiger partial charge in [0.15, 0.2) is 0 Å². The lowest BCUT2D eigenvalue weighted by Gasteiger charge is -2.30. The summed E-state index contributed by atoms with van der Waals surface area (Å²) in [5, 5.41) is 12.3. The minimum atomic E-state index is -0.326. The number of likely N-dealkylation sites (tertiary alicyclic amines) is 1. The van der Waals surface area contributed by atoms with E-state index in [-0.39, 0.29) is 5.97 Å². The number of nitrogens with zero attached hydrogens (tertiary/aromatic N) is 2. The summed E-state index contributed by atoms with van der Waals surface area (Å²) in [4.78, 5) is 18.6. The molecule has 5 nitrogen and oxygen atoms in total. The molecule has 6 heteroatoms. The quantitative estimate of drug-likeness (QED) is 0.844. The van der Waals surface area contributed by atoms with E-state index in [1.165, 1.54) is 7.11 Å². The van der Waals surface area contributed by atoms with E-state index in [4.69, 9.17) is 9.72 Å². The third-order valence-electron chi connectivity index (χ3n) is 4.46. The molecule has 0 unspecified atom stereocenters. The minimum absolute atomic E-state index is 0.302. The number of aromatic nitrogens is 1. The van der Waals surface area contributed by atoms with Crippen molar-refractivity contribution in [2.45, 2.75) is 19.4 Å². The van der Waals surface area contributed by atoms with Gasteiger partial charge in [0.2, 0.25) is 0 Å². The average molecular weight is 346 g/mol. The molecule has 1 fully saturated rings. The number of hydrogen-bond acceptors (Lipinski definition) is 6. The largest absolute Gasteiger partial charge is 0.465 e. The predicted molar refractivity (Wildman–Crippen MR) is 94.0 cm³/mol. The van der Waals surface area contributed by atoms with E-state index in [0.29, 0.717) is 18.1 Å². The van der Waals surface area contributed by atoms with Crippen molar-refractivity contribution in [3.8, 4) is 10.6 Å². The molecule has 0 aliphatic carbocycles. The van der Waals surface area contributed by atoms with Gasteiger partial charge >= 0.3 is 5.97 Å². The highest BCUT2D eigenvalue weighted by atomic mass is 32.1. The highest BCUT2D eigenvalue weighted by Crippen LogP contribution is 2.26. The van der Waals surface area contributed by atoms with Gasteiger partial charge in [0.1, 0.15) is 5.01 Å². The first kappa shape index (κ1) is 17.1. The summed E-state index contributed by atoms with van der Waals surface area (Å²) < 4.78 is 4.71. The maximum atomic E-state index is 11.5. The van der Waals surface area contributed by atoms with Crippen LogP contribution >= 0.6 is 11.3 Å². The lowest BCUT2D eigenvalue weighted by Crippen LogP contribution is -2.34. The smallest absolute Gasteiger partial charge is 0.337 e. The zero-order chi connectivity index (χ0) is 16.9. The molecule has 128 valence electrons. The SMILES string of the molecule is COC(=O)c1ccc(-c2nc(CN3CCC(CO)CC3)cs2)cc1. The van der Waals surface area contributed by atoms with Crippen molar-refractivity contribution in [2.75, 3.05) is 26.8 Å². The third kappa shape index (κ3) is 4.01. The van der Waals surface area contributed by atoms with Crippen LogP contribution in [0.15, 0.2) is 29.6 Å². The van der Waals surface area contributed by atoms with Crippen LogP contribution in [-0.2, 0) is 11.3 Å². The summed E-state index contributed by atoms with van der Waals surface area (Å²) in [6.45, 7) is 3.20. The van der Waals surface area contributed by atoms with E-state index < -0.39 is 0 Å². The van der Waals surface area contributed by atoms with Gasteiger partial charge < -0.3 is 9.84 Å². The Morgan fingerprint density at radius 3 is 2.67 bits per heavy atom. The van der Waals surface area contributed by atoms with Crippen molar-refractivity contribution in [3.05, 3.63) is 40.9 Å². The first-order valence-corrected chi connectivity index (χ1v) is 9.04. The second-order valence-electron chi connectivity index (χ2n) is 6.12. The maximum Gasteiger partial charge on any atom is 0.337 e. The molecule has 1 saturated heterocycles. The van der Waals surface area contributed by atoms with Crippen LogP contribution in [0.4, 0.5) is 0 Å². The predicted octanol–water partition coefficient (Wildman–Crippen LogP) is 2.80. The highest BCUT2D eigenvalue weighted by Gasteiger charge is 2.19. The average Bonchev–Trinajstić information content (AvgIpc) is 3.10. The number of carbonyl (C=O) groups excluding carboxylic acids is 1. The van der Waals surface area contributed by atoms with Crippen molar-refractivity contribution < 1.29 is 14.6 Å². The molecule has 1 aromatic carbocycles. The number of rotatable bonds is 5. The number of esters is 1. The molecule has 0 atom stereocenters. The number of thiazole rings is 1. The first-order valence-electron chi connectivity index (χ1n) is 8.16. The first-order chi connectivity index (χ1) is 11.7. The van der Waals surface area contributed by atoms with Crippen molar-refractivity contribution in [1.82, 2.24) is 9.88 Å². The zero-order valence-electron chi connectivity index (χ0n) is 13.8. The van der Waals surface area contributed by atoms with Crippen molar-refractivity contribution in [2.24, 2.45) is 5.92 Å². The number of piperidine rings is 1. The summed E-state index contributed by atoms with van der Waals surface area (Å²) in [7, 11) is 1.38. The zero-order valence-corrected chi connectivity index (χ0v) is 14.6. The number of aliphatic hydroxyl groups is 1. The molecule has 1 N–H and O–H groups in total. The molecule has 1 aromatic heterocycles. The molecule has 2 aromatic rings. The van der Waals surface area contributed by atoms with Crippen LogP contribution < -0.4 is 0 Å². The van der Waals surface area contributed by atoms with Gasteiger partial charge in [-0.15, -0.1) is 11.3 Å². The number of methoxy groups -OCH3 is 1. The molecule has 1 aliphatic heterocycles. The summed E-state index contributed by atoms with van der Waals surface area (Å²) >= 11 is 1.62. The Hall–Kier alpha value is -1.76. The third-order valence-corrected chi connectivity index (χ3v) is 5.40. The van der Waals surface area contributed by atoms with E-state index in [2.05, 4.69) is 10.3 Å². The van der Waals surface area contributed by atoms with Gasteiger partial charge in [-0.3, -0.25) is 4.90 Å². The fraction of sp³-hybridized carbons (Fsp3) is 0.444. The maximum absolute atomic E-state index is 11.5. The Morgan fingerprint density at radius 1 is 1.33 bits per heavy atom. The molecule has 0 radical (unpaired) electrons. The van der Waals surface area contributed by atoms with Gasteiger partial charge in [-0.1, -0.05) is 12.1 Å². The molecule has 0 saturated carbocycles. The fourth-order valence-electron chi connectivity index (χ4n) is 2.94. The molecule has 1 aliphatic rings. The second-order valence-corrected chi connectivity index (χ2v) is 6.97. The molecule has 0 spiro atoms. The van der Waals surface area contributed by atoms with E-state index in [1.54, 1.807) is 23.5 Å². The minimum Gasteiger partial charge on any atom is -0.465 e. The van der Waals surface area contributed by atoms with Gasteiger partial charge in [-0.25, -0.2) is 9.78 Å². The van der Waals surface area contributed by atoms with Gasteiger partial charge in [-0.2, -0.15) is 0 Å². The van der Waals surface area contributed by atoms with Crippen molar-refractivity contribution in [3.63, 3.8) is 0 Å². The highest BCUT2D eigenvalue weighted by molar-refractivity contribution is 7.13. The van der Waals surface area contributed by atoms with Gasteiger partial charge in [0, 0.05) is 24.1 Å². The van der Waals surface area contributed by atoms with Crippen LogP contribution in [0.25, 0.3) is 10.6 Å². The van der Waals surface area contributed by atoms with Crippen molar-refractivity contribution >= 4 is 17.3 Å². The number of carbonyl (C=O) groups is 1. The van der Waals surface area contributed by atoms with Gasteiger partial charge in [0.25, 0.3) is 0 Å². The van der Waals surface area contributed by atoms with E-state index in [1.807, 2.05) is 12.1 Å². The van der Waals surface area contributed by atoms with E-state index in [9.17, 15) is 9.90 Å². The van der Waals surface area contributed by atoms with E-state index >= 15 is 0 Å². The summed E-state index contributed by atoms with van der Waals surface area (Å²) in [5.41, 5.74) is 2.64. The van der Waals surface area contributed by atoms with Crippen LogP contribution in [-0.4, -0.2) is 47.8 Å². The lowest BCUT2D eigenvalue weighted by atomic mass is 9.98. The number of benzene rings is 1. The van der Waals surface area contributed by atoms with Gasteiger partial charge in [0.05, 0.1) is 18.4 Å². The molecular weight excluding hydrogens is 324 g/mol. The molecule has 24 heavy (non-hydrogen) atoms. The van der Waals surface area contributed by atoms with E-state index in [0.717, 1.165) is 48.7 Å². The monoisotopic (exact) mass is 346 g/mol. The fourth-order valence-corrected chi connectivity index (χ4v) is 3.75. The normalized spacial score (nSPS) is 16.2. The van der Waals surface area contributed by atoms with Crippen LogP contribution in [0, 0.1) is 5.92 Å². The summed E-state index contributed by atoms with van der Waals surface area (Å²) in [6.07, 6.45) is 2.12. The molecular formula is C18H22N2O3S. The molecule has 3 rings (SSSR count). The topological polar surface area (TPSA) is 62.7 Å². The summed E-state index contributed by atoms with van der Waals surface area (Å²) in [5.74, 6) is 0.133. The molecule has 2 heterocycles. The van der Waals surface area contributed by atoms with Crippen LogP contribution in [0.2, 0.25) is 0 Å². The lowest BCUT2D eigenvalue weighted by molar-refractivity contribution is 0.0601. The molecule has 0 bridgehead atoms. The van der Waals surface area contributed by atoms with Crippen LogP contribution in [0.3, 0.4) is 0 Å².